The Bertz CT molecular complexity index is 1310. The normalized spacial score (nSPS) is 31.3. The molecule has 1 fully saturated rings. The standard InChI is InChI=1S/C27H31NO10/c1-10-22(30)14(28)7-17(37-10)38-16-9-27(35,11(2)29)8-13-19(16)26(34)21-20(24(13)32)23(31)12-5-4-6-15(36-3)18(12)25(21)33/h4-6,10-11,14,16-17,22,29-30,32,34-35H,7-9,28H2,1-3H3/t10?,11?,14?,16-,17?,22?,27-/m0/s1. The highest BCUT2D eigenvalue weighted by Crippen LogP contribution is 2.52. The third-order valence-corrected chi connectivity index (χ3v) is 7.95. The molecule has 0 aromatic heterocycles. The number of phenolic OH excluding ortho intramolecular Hbond substituents is 2. The number of ether oxygens (including phenoxy) is 3. The number of carbonyl (C=O) groups is 2. The minimum Gasteiger partial charge on any atom is -0.507 e. The highest BCUT2D eigenvalue weighted by atomic mass is 16.7. The Kier molecular flexibility index (Phi) is 6.49. The first-order chi connectivity index (χ1) is 17.9. The van der Waals surface area contributed by atoms with E-state index in [1.807, 2.05) is 0 Å². The number of rotatable bonds is 4. The molecule has 11 heteroatoms. The molecule has 0 radical (unpaired) electrons. The molecule has 3 aliphatic rings. The number of phenols is 2. The topological polar surface area (TPSA) is 189 Å². The van der Waals surface area contributed by atoms with Gasteiger partial charge in [0.1, 0.15) is 17.2 Å². The van der Waals surface area contributed by atoms with Crippen LogP contribution >= 0.6 is 0 Å². The summed E-state index contributed by atoms with van der Waals surface area (Å²) in [5, 5.41) is 54.7. The molecular formula is C27H31NO10. The zero-order valence-electron chi connectivity index (χ0n) is 21.2. The molecule has 5 rings (SSSR count). The van der Waals surface area contributed by atoms with Crippen LogP contribution in [0.2, 0.25) is 0 Å². The summed E-state index contributed by atoms with van der Waals surface area (Å²) in [7, 11) is 1.35. The summed E-state index contributed by atoms with van der Waals surface area (Å²) in [5.74, 6) is -2.44. The molecular weight excluding hydrogens is 498 g/mol. The maximum Gasteiger partial charge on any atom is 0.202 e. The molecule has 2 aromatic carbocycles. The van der Waals surface area contributed by atoms with Gasteiger partial charge in [-0.1, -0.05) is 12.1 Å². The number of aromatic hydroxyl groups is 2. The summed E-state index contributed by atoms with van der Waals surface area (Å²) >= 11 is 0. The molecule has 1 aliphatic heterocycles. The van der Waals surface area contributed by atoms with Gasteiger partial charge in [0.05, 0.1) is 53.8 Å². The van der Waals surface area contributed by atoms with E-state index in [1.54, 1.807) is 6.92 Å². The molecule has 1 heterocycles. The number of fused-ring (bicyclic) bond motifs is 3. The van der Waals surface area contributed by atoms with E-state index in [0.29, 0.717) is 0 Å². The minimum absolute atomic E-state index is 0.00187. The summed E-state index contributed by atoms with van der Waals surface area (Å²) < 4.78 is 17.1. The summed E-state index contributed by atoms with van der Waals surface area (Å²) in [6.07, 6.45) is -5.47. The van der Waals surface area contributed by atoms with Gasteiger partial charge in [-0.25, -0.2) is 0 Å². The Hall–Kier alpha value is -3.06. The Balaban J connectivity index is 1.68. The lowest BCUT2D eigenvalue weighted by molar-refractivity contribution is -0.250. The van der Waals surface area contributed by atoms with Crippen LogP contribution in [0.25, 0.3) is 0 Å². The van der Waals surface area contributed by atoms with E-state index in [2.05, 4.69) is 0 Å². The van der Waals surface area contributed by atoms with Gasteiger partial charge in [0.15, 0.2) is 12.1 Å². The number of aliphatic hydroxyl groups excluding tert-OH is 2. The lowest BCUT2D eigenvalue weighted by atomic mass is 9.71. The third-order valence-electron chi connectivity index (χ3n) is 7.95. The molecule has 11 nitrogen and oxygen atoms in total. The quantitative estimate of drug-likeness (QED) is 0.263. The number of hydrogen-bond acceptors (Lipinski definition) is 11. The van der Waals surface area contributed by atoms with Gasteiger partial charge in [-0.15, -0.1) is 0 Å². The molecule has 204 valence electrons. The molecule has 0 saturated carbocycles. The molecule has 5 unspecified atom stereocenters. The minimum atomic E-state index is -1.80. The van der Waals surface area contributed by atoms with Crippen molar-refractivity contribution < 1.29 is 49.3 Å². The van der Waals surface area contributed by atoms with E-state index in [4.69, 9.17) is 19.9 Å². The monoisotopic (exact) mass is 529 g/mol. The molecule has 1 saturated heterocycles. The predicted octanol–water partition coefficient (Wildman–Crippen LogP) is 0.821. The van der Waals surface area contributed by atoms with Crippen LogP contribution in [-0.4, -0.2) is 80.5 Å². The van der Waals surface area contributed by atoms with Crippen molar-refractivity contribution in [2.45, 2.75) is 75.5 Å². The third kappa shape index (κ3) is 3.89. The van der Waals surface area contributed by atoms with Crippen molar-refractivity contribution >= 4 is 11.6 Å². The zero-order chi connectivity index (χ0) is 27.7. The van der Waals surface area contributed by atoms with Crippen LogP contribution in [0.4, 0.5) is 0 Å². The molecule has 38 heavy (non-hydrogen) atoms. The van der Waals surface area contributed by atoms with Crippen molar-refractivity contribution in [2.24, 2.45) is 5.73 Å². The second-order valence-corrected chi connectivity index (χ2v) is 10.3. The molecule has 2 aliphatic carbocycles. The number of ketones is 2. The van der Waals surface area contributed by atoms with Gasteiger partial charge in [0.2, 0.25) is 5.78 Å². The molecule has 0 amide bonds. The van der Waals surface area contributed by atoms with Crippen molar-refractivity contribution in [3.8, 4) is 17.2 Å². The van der Waals surface area contributed by atoms with Crippen LogP contribution in [0, 0.1) is 0 Å². The lowest BCUT2D eigenvalue weighted by Crippen LogP contribution is -2.53. The molecule has 7 N–H and O–H groups in total. The van der Waals surface area contributed by atoms with Crippen LogP contribution in [-0.2, 0) is 15.9 Å². The van der Waals surface area contributed by atoms with Gasteiger partial charge < -0.3 is 45.5 Å². The molecule has 0 bridgehead atoms. The van der Waals surface area contributed by atoms with Gasteiger partial charge >= 0.3 is 0 Å². The van der Waals surface area contributed by atoms with E-state index in [0.717, 1.165) is 0 Å². The number of hydrogen-bond donors (Lipinski definition) is 6. The second-order valence-electron chi connectivity index (χ2n) is 10.3. The fourth-order valence-electron chi connectivity index (χ4n) is 5.74. The van der Waals surface area contributed by atoms with Crippen LogP contribution < -0.4 is 10.5 Å². The van der Waals surface area contributed by atoms with Gasteiger partial charge in [0, 0.05) is 42.0 Å². The van der Waals surface area contributed by atoms with Crippen LogP contribution in [0.3, 0.4) is 0 Å². The maximum absolute atomic E-state index is 13.6. The number of aliphatic hydroxyl groups is 3. The fraction of sp³-hybridized carbons (Fsp3) is 0.481. The highest BCUT2D eigenvalue weighted by Gasteiger charge is 2.49. The maximum atomic E-state index is 13.6. The van der Waals surface area contributed by atoms with Crippen molar-refractivity contribution in [1.82, 2.24) is 0 Å². The van der Waals surface area contributed by atoms with Gasteiger partial charge in [-0.2, -0.15) is 0 Å². The largest absolute Gasteiger partial charge is 0.507 e. The Morgan fingerprint density at radius 2 is 1.82 bits per heavy atom. The second kappa shape index (κ2) is 9.30. The summed E-state index contributed by atoms with van der Waals surface area (Å²) in [6, 6.07) is 3.80. The Labute approximate surface area is 218 Å². The smallest absolute Gasteiger partial charge is 0.202 e. The van der Waals surface area contributed by atoms with Gasteiger partial charge in [-0.3, -0.25) is 9.59 Å². The van der Waals surface area contributed by atoms with Crippen LogP contribution in [0.1, 0.15) is 75.8 Å². The summed E-state index contributed by atoms with van der Waals surface area (Å²) in [5.41, 5.74) is 3.37. The van der Waals surface area contributed by atoms with Crippen molar-refractivity contribution in [1.29, 1.82) is 0 Å². The first-order valence-corrected chi connectivity index (χ1v) is 12.4. The van der Waals surface area contributed by atoms with Gasteiger partial charge in [0.25, 0.3) is 0 Å². The summed E-state index contributed by atoms with van der Waals surface area (Å²) in [6.45, 7) is 3.00. The van der Waals surface area contributed by atoms with Crippen molar-refractivity contribution in [3.63, 3.8) is 0 Å². The lowest BCUT2D eigenvalue weighted by Gasteiger charge is -2.43. The van der Waals surface area contributed by atoms with Gasteiger partial charge in [-0.05, 0) is 19.9 Å². The van der Waals surface area contributed by atoms with Crippen LogP contribution in [0.15, 0.2) is 18.2 Å². The van der Waals surface area contributed by atoms with E-state index in [1.165, 1.54) is 32.2 Å². The SMILES string of the molecule is COc1cccc2c1C(=O)c1c(O)c3c(c(O)c1C2=O)C[C@@](O)(C(C)O)C[C@@H]3OC1CC(N)C(O)C(C)O1. The van der Waals surface area contributed by atoms with Crippen molar-refractivity contribution in [3.05, 3.63) is 51.6 Å². The molecule has 7 atom stereocenters. The first-order valence-electron chi connectivity index (χ1n) is 12.4. The Morgan fingerprint density at radius 3 is 2.45 bits per heavy atom. The predicted molar refractivity (Wildman–Crippen MR) is 131 cm³/mol. The van der Waals surface area contributed by atoms with E-state index >= 15 is 0 Å². The Morgan fingerprint density at radius 1 is 1.13 bits per heavy atom. The number of carbonyl (C=O) groups excluding carboxylic acids is 2. The highest BCUT2D eigenvalue weighted by molar-refractivity contribution is 6.31. The fourth-order valence-corrected chi connectivity index (χ4v) is 5.74. The summed E-state index contributed by atoms with van der Waals surface area (Å²) in [4.78, 5) is 27.1. The zero-order valence-corrected chi connectivity index (χ0v) is 21.2. The van der Waals surface area contributed by atoms with E-state index < -0.39 is 76.5 Å². The number of benzene rings is 2. The van der Waals surface area contributed by atoms with E-state index in [-0.39, 0.29) is 47.3 Å². The van der Waals surface area contributed by atoms with Crippen LogP contribution in [0.5, 0.6) is 17.2 Å². The molecule has 0 spiro atoms. The average Bonchev–Trinajstić information content (AvgIpc) is 2.87. The molecule has 2 aromatic rings. The van der Waals surface area contributed by atoms with E-state index in [9.17, 15) is 35.1 Å². The first kappa shape index (κ1) is 26.5. The number of methoxy groups -OCH3 is 1. The average molecular weight is 530 g/mol. The van der Waals surface area contributed by atoms with Crippen molar-refractivity contribution in [2.75, 3.05) is 7.11 Å². The number of nitrogens with two attached hydrogens (primary N) is 1.